The minimum Gasteiger partial charge on any atom is -0.508 e. The van der Waals surface area contributed by atoms with Crippen LogP contribution in [-0.4, -0.2) is 30.7 Å². The molecule has 0 amide bonds. The van der Waals surface area contributed by atoms with Crippen LogP contribution in [0.5, 0.6) is 5.75 Å². The zero-order chi connectivity index (χ0) is 19.8. The summed E-state index contributed by atoms with van der Waals surface area (Å²) >= 11 is 5.83. The summed E-state index contributed by atoms with van der Waals surface area (Å²) in [6.07, 6.45) is 8.77. The number of aromatic hydroxyl groups is 1. The van der Waals surface area contributed by atoms with E-state index in [9.17, 15) is 5.11 Å². The number of nitrogens with zero attached hydrogens (tertiary/aromatic N) is 3. The molecule has 6 heteroatoms. The van der Waals surface area contributed by atoms with Gasteiger partial charge in [0.05, 0.1) is 17.8 Å². The van der Waals surface area contributed by atoms with Crippen molar-refractivity contribution in [1.82, 2.24) is 19.8 Å². The lowest BCUT2D eigenvalue weighted by molar-refractivity contribution is 0.239. The molecule has 3 aromatic rings. The third-order valence-electron chi connectivity index (χ3n) is 6.06. The summed E-state index contributed by atoms with van der Waals surface area (Å²) in [7, 11) is 0. The maximum Gasteiger partial charge on any atom is 0.170 e. The van der Waals surface area contributed by atoms with Crippen LogP contribution < -0.4 is 5.32 Å². The first-order valence-electron chi connectivity index (χ1n) is 10.2. The van der Waals surface area contributed by atoms with E-state index in [-0.39, 0.29) is 17.8 Å². The highest BCUT2D eigenvalue weighted by Gasteiger charge is 2.44. The van der Waals surface area contributed by atoms with Gasteiger partial charge in [-0.25, -0.2) is 0 Å². The van der Waals surface area contributed by atoms with Gasteiger partial charge in [0.2, 0.25) is 0 Å². The third kappa shape index (κ3) is 3.27. The highest BCUT2D eigenvalue weighted by molar-refractivity contribution is 7.80. The molecule has 5 rings (SSSR count). The van der Waals surface area contributed by atoms with Crippen molar-refractivity contribution in [3.63, 3.8) is 0 Å². The molecule has 0 bridgehead atoms. The van der Waals surface area contributed by atoms with Crippen LogP contribution in [-0.2, 0) is 0 Å². The minimum atomic E-state index is -0.00457. The number of benzene rings is 1. The van der Waals surface area contributed by atoms with Crippen LogP contribution >= 0.6 is 12.2 Å². The number of phenolic OH excluding ortho intramolecular Hbond substituents is 1. The molecule has 29 heavy (non-hydrogen) atoms. The largest absolute Gasteiger partial charge is 0.508 e. The summed E-state index contributed by atoms with van der Waals surface area (Å²) in [4.78, 5) is 7.05. The predicted molar refractivity (Wildman–Crippen MR) is 117 cm³/mol. The molecule has 1 aliphatic heterocycles. The van der Waals surface area contributed by atoms with Crippen LogP contribution in [0.15, 0.2) is 67.0 Å². The second-order valence-corrected chi connectivity index (χ2v) is 8.18. The fraction of sp³-hybridized carbons (Fsp3) is 0.304. The Morgan fingerprint density at radius 1 is 1.00 bits per heavy atom. The molecule has 1 saturated carbocycles. The highest BCUT2D eigenvalue weighted by Crippen LogP contribution is 2.43. The topological polar surface area (TPSA) is 53.3 Å². The van der Waals surface area contributed by atoms with Crippen molar-refractivity contribution in [3.05, 3.63) is 78.4 Å². The molecule has 2 N–H and O–H groups in total. The van der Waals surface area contributed by atoms with E-state index in [1.165, 1.54) is 31.4 Å². The Bertz CT molecular complexity index is 995. The summed E-state index contributed by atoms with van der Waals surface area (Å²) in [6, 6.07) is 18.1. The molecule has 2 aromatic heterocycles. The van der Waals surface area contributed by atoms with Gasteiger partial charge in [-0.2, -0.15) is 0 Å². The zero-order valence-electron chi connectivity index (χ0n) is 16.1. The highest BCUT2D eigenvalue weighted by atomic mass is 32.1. The molecule has 1 aromatic carbocycles. The van der Waals surface area contributed by atoms with Crippen LogP contribution in [0, 0.1) is 0 Å². The molecular formula is C23H24N4OS. The molecule has 148 valence electrons. The number of aromatic nitrogens is 2. The number of hydrogen-bond donors (Lipinski definition) is 2. The molecule has 2 fully saturated rings. The summed E-state index contributed by atoms with van der Waals surface area (Å²) < 4.78 is 2.19. The van der Waals surface area contributed by atoms with Crippen molar-refractivity contribution in [3.8, 4) is 11.4 Å². The quantitative estimate of drug-likeness (QED) is 0.628. The number of rotatable bonds is 4. The van der Waals surface area contributed by atoms with Gasteiger partial charge in [0.1, 0.15) is 5.75 Å². The first kappa shape index (κ1) is 18.2. The monoisotopic (exact) mass is 404 g/mol. The average molecular weight is 405 g/mol. The number of pyridine rings is 1. The normalized spacial score (nSPS) is 22.2. The maximum absolute atomic E-state index is 9.69. The molecule has 5 nitrogen and oxygen atoms in total. The van der Waals surface area contributed by atoms with Crippen LogP contribution in [0.4, 0.5) is 0 Å². The number of thiocarbonyl (C=S) groups is 1. The Labute approximate surface area is 176 Å². The van der Waals surface area contributed by atoms with Gasteiger partial charge < -0.3 is 19.9 Å². The molecular weight excluding hydrogens is 380 g/mol. The molecule has 2 aliphatic rings. The Kier molecular flexibility index (Phi) is 4.72. The van der Waals surface area contributed by atoms with E-state index < -0.39 is 0 Å². The SMILES string of the molecule is Oc1ccc(-n2cccc2[C@H]2[C@H](c3ccccn3)NC(=S)N2C2CCCC2)cc1. The van der Waals surface area contributed by atoms with E-state index in [1.807, 2.05) is 30.5 Å². The van der Waals surface area contributed by atoms with Gasteiger partial charge in [-0.1, -0.05) is 18.9 Å². The first-order chi connectivity index (χ1) is 14.2. The van der Waals surface area contributed by atoms with Crippen molar-refractivity contribution >= 4 is 17.3 Å². The summed E-state index contributed by atoms with van der Waals surface area (Å²) in [5, 5.41) is 14.1. The van der Waals surface area contributed by atoms with Crippen molar-refractivity contribution < 1.29 is 5.11 Å². The van der Waals surface area contributed by atoms with Crippen molar-refractivity contribution in [2.24, 2.45) is 0 Å². The van der Waals surface area contributed by atoms with Gasteiger partial charge in [0.15, 0.2) is 5.11 Å². The van der Waals surface area contributed by atoms with Gasteiger partial charge in [0.25, 0.3) is 0 Å². The van der Waals surface area contributed by atoms with Crippen molar-refractivity contribution in [2.75, 3.05) is 0 Å². The summed E-state index contributed by atoms with van der Waals surface area (Å²) in [6.45, 7) is 0. The molecule has 3 heterocycles. The fourth-order valence-corrected chi connectivity index (χ4v) is 5.13. The maximum atomic E-state index is 9.69. The van der Waals surface area contributed by atoms with Gasteiger partial charge in [-0.15, -0.1) is 0 Å². The number of nitrogens with one attached hydrogen (secondary N) is 1. The standard InChI is InChI=1S/C23H24N4OS/c28-18-12-10-16(11-13-18)26-15-5-9-20(26)22-21(19-8-3-4-14-24-19)25-23(29)27(22)17-6-1-2-7-17/h3-5,8-15,17,21-22,28H,1-2,6-7H2,(H,25,29)/t21-,22-/m0/s1. The van der Waals surface area contributed by atoms with Gasteiger partial charge in [0, 0.05) is 29.8 Å². The van der Waals surface area contributed by atoms with E-state index in [2.05, 4.69) is 44.2 Å². The van der Waals surface area contributed by atoms with Gasteiger partial charge >= 0.3 is 0 Å². The lowest BCUT2D eigenvalue weighted by Gasteiger charge is -2.33. The Balaban J connectivity index is 1.61. The lowest BCUT2D eigenvalue weighted by atomic mass is 9.99. The number of phenols is 1. The van der Waals surface area contributed by atoms with E-state index in [0.717, 1.165) is 16.5 Å². The van der Waals surface area contributed by atoms with E-state index in [1.54, 1.807) is 12.1 Å². The lowest BCUT2D eigenvalue weighted by Crippen LogP contribution is -2.38. The molecule has 0 spiro atoms. The van der Waals surface area contributed by atoms with E-state index in [4.69, 9.17) is 12.2 Å². The Morgan fingerprint density at radius 2 is 1.79 bits per heavy atom. The van der Waals surface area contributed by atoms with Crippen LogP contribution in [0.1, 0.15) is 49.2 Å². The second-order valence-electron chi connectivity index (χ2n) is 7.79. The van der Waals surface area contributed by atoms with Crippen LogP contribution in [0.25, 0.3) is 5.69 Å². The molecule has 0 unspecified atom stereocenters. The molecule has 0 radical (unpaired) electrons. The first-order valence-corrected chi connectivity index (χ1v) is 10.6. The smallest absolute Gasteiger partial charge is 0.170 e. The zero-order valence-corrected chi connectivity index (χ0v) is 16.9. The van der Waals surface area contributed by atoms with Gasteiger partial charge in [-0.3, -0.25) is 4.98 Å². The van der Waals surface area contributed by atoms with Crippen LogP contribution in [0.3, 0.4) is 0 Å². The third-order valence-corrected chi connectivity index (χ3v) is 6.39. The minimum absolute atomic E-state index is 0.00457. The van der Waals surface area contributed by atoms with E-state index in [0.29, 0.717) is 6.04 Å². The molecule has 1 saturated heterocycles. The summed E-state index contributed by atoms with van der Waals surface area (Å²) in [5.41, 5.74) is 3.19. The second kappa shape index (κ2) is 7.52. The number of hydrogen-bond acceptors (Lipinski definition) is 3. The van der Waals surface area contributed by atoms with Gasteiger partial charge in [-0.05, 0) is 73.6 Å². The van der Waals surface area contributed by atoms with Crippen molar-refractivity contribution in [2.45, 2.75) is 43.8 Å². The molecule has 1 aliphatic carbocycles. The van der Waals surface area contributed by atoms with E-state index >= 15 is 0 Å². The fourth-order valence-electron chi connectivity index (χ4n) is 4.74. The predicted octanol–water partition coefficient (Wildman–Crippen LogP) is 4.49. The van der Waals surface area contributed by atoms with Crippen LogP contribution in [0.2, 0.25) is 0 Å². The summed E-state index contributed by atoms with van der Waals surface area (Å²) in [5.74, 6) is 0.269. The average Bonchev–Trinajstić information content (AvgIpc) is 3.48. The molecule has 2 atom stereocenters. The Hall–Kier alpha value is -2.86. The Morgan fingerprint density at radius 3 is 2.52 bits per heavy atom. The van der Waals surface area contributed by atoms with Crippen molar-refractivity contribution in [1.29, 1.82) is 0 Å².